The summed E-state index contributed by atoms with van der Waals surface area (Å²) in [6.07, 6.45) is 2.90. The number of benzene rings is 1. The normalized spacial score (nSPS) is 13.9. The Morgan fingerprint density at radius 1 is 1.20 bits per heavy atom. The summed E-state index contributed by atoms with van der Waals surface area (Å²) in [6, 6.07) is 3.21. The van der Waals surface area contributed by atoms with E-state index in [1.54, 1.807) is 26.0 Å². The van der Waals surface area contributed by atoms with Crippen LogP contribution in [0.3, 0.4) is 0 Å². The maximum Gasteiger partial charge on any atom is 0.454 e. The van der Waals surface area contributed by atoms with Crippen LogP contribution in [0.1, 0.15) is 85.2 Å². The molecule has 0 saturated heterocycles. The van der Waals surface area contributed by atoms with Gasteiger partial charge in [0.05, 0.1) is 12.9 Å². The van der Waals surface area contributed by atoms with E-state index < -0.39 is 11.8 Å². The van der Waals surface area contributed by atoms with Gasteiger partial charge in [-0.05, 0) is 66.6 Å². The number of cyclic esters (lactones) is 1. The monoisotopic (exact) mass is 520 g/mol. The summed E-state index contributed by atoms with van der Waals surface area (Å²) in [5.41, 5.74) is 0.534. The third-order valence-corrected chi connectivity index (χ3v) is 3.60. The Kier molecular flexibility index (Phi) is 17.0. The summed E-state index contributed by atoms with van der Waals surface area (Å²) in [7, 11) is 1.33. The minimum absolute atomic E-state index is 0.116. The molecule has 0 radical (unpaired) electrons. The zero-order valence-electron chi connectivity index (χ0n) is 23.5. The lowest BCUT2D eigenvalue weighted by Gasteiger charge is -2.33. The van der Waals surface area contributed by atoms with E-state index in [2.05, 4.69) is 0 Å². The van der Waals surface area contributed by atoms with Crippen molar-refractivity contribution >= 4 is 31.3 Å². The Morgan fingerprint density at radius 2 is 1.71 bits per heavy atom. The van der Waals surface area contributed by atoms with Gasteiger partial charge in [0.25, 0.3) is 0 Å². The molecule has 0 atom stereocenters. The van der Waals surface area contributed by atoms with Crippen LogP contribution < -0.4 is 9.47 Å². The molecule has 0 saturated carbocycles. The molecular weight excluding hydrogens is 477 g/mol. The summed E-state index contributed by atoms with van der Waals surface area (Å²) < 4.78 is 50.1. The van der Waals surface area contributed by atoms with E-state index in [4.69, 9.17) is 23.5 Å². The Balaban J connectivity index is 0. The highest BCUT2D eigenvalue weighted by molar-refractivity contribution is 7.93. The standard InChI is InChI=1S/C14H15FO4.C8H19BO2.C2H6.CH3FS/c1-8(15)7-9-5-6-10(17-4)11-12(9)18-14(2,3)19-13(11)16;1-7(2)10-9(6)11-8(3,4)5;1-2;1-3-2/h5-7H,1-4H3;7H,1-6H3;1-2H3;1H3/b8-7-;;;. The maximum absolute atomic E-state index is 13.1. The second-order valence-electron chi connectivity index (χ2n) is 8.82. The van der Waals surface area contributed by atoms with E-state index in [9.17, 15) is 13.1 Å². The smallest absolute Gasteiger partial charge is 0.454 e. The number of ether oxygens (including phenoxy) is 3. The largest absolute Gasteiger partial charge is 0.496 e. The lowest BCUT2D eigenvalue weighted by atomic mass is 9.92. The first-order valence-corrected chi connectivity index (χ1v) is 12.6. The van der Waals surface area contributed by atoms with E-state index in [-0.39, 0.29) is 48.1 Å². The first-order valence-electron chi connectivity index (χ1n) is 11.5. The minimum atomic E-state index is -1.09. The molecule has 0 N–H and O–H groups in total. The van der Waals surface area contributed by atoms with E-state index in [0.717, 1.165) is 0 Å². The number of hydrogen-bond acceptors (Lipinski definition) is 7. The average molecular weight is 520 g/mol. The number of fused-ring (bicyclic) bond motifs is 1. The van der Waals surface area contributed by atoms with Crippen molar-refractivity contribution in [1.29, 1.82) is 0 Å². The van der Waals surface area contributed by atoms with Crippen LogP contribution in [0.2, 0.25) is 6.82 Å². The van der Waals surface area contributed by atoms with Crippen molar-refractivity contribution in [3.8, 4) is 11.5 Å². The Labute approximate surface area is 215 Å². The lowest BCUT2D eigenvalue weighted by molar-refractivity contribution is -0.127. The van der Waals surface area contributed by atoms with Crippen LogP contribution in [-0.2, 0) is 14.0 Å². The number of esters is 1. The molecule has 0 amide bonds. The Morgan fingerprint density at radius 3 is 2.11 bits per heavy atom. The van der Waals surface area contributed by atoms with E-state index in [1.807, 2.05) is 55.3 Å². The van der Waals surface area contributed by atoms with Gasteiger partial charge in [-0.3, -0.25) is 0 Å². The number of halogens is 2. The predicted octanol–water partition coefficient (Wildman–Crippen LogP) is 7.92. The molecule has 0 spiro atoms. The van der Waals surface area contributed by atoms with Crippen molar-refractivity contribution < 1.29 is 36.6 Å². The molecule has 2 rings (SSSR count). The van der Waals surface area contributed by atoms with Crippen LogP contribution in [0.25, 0.3) is 6.08 Å². The van der Waals surface area contributed by atoms with Crippen LogP contribution in [0.5, 0.6) is 11.5 Å². The highest BCUT2D eigenvalue weighted by atomic mass is 32.2. The molecule has 35 heavy (non-hydrogen) atoms. The molecule has 1 aliphatic heterocycles. The highest BCUT2D eigenvalue weighted by Gasteiger charge is 2.37. The highest BCUT2D eigenvalue weighted by Crippen LogP contribution is 2.40. The second kappa shape index (κ2) is 16.8. The van der Waals surface area contributed by atoms with Crippen molar-refractivity contribution in [2.45, 2.75) is 93.6 Å². The first-order chi connectivity index (χ1) is 16.1. The maximum atomic E-state index is 13.1. The molecule has 0 bridgehead atoms. The molecule has 0 unspecified atom stereocenters. The summed E-state index contributed by atoms with van der Waals surface area (Å²) in [6.45, 7) is 20.5. The zero-order chi connectivity index (χ0) is 28.0. The minimum Gasteiger partial charge on any atom is -0.496 e. The summed E-state index contributed by atoms with van der Waals surface area (Å²) in [5.74, 6) is -1.41. The van der Waals surface area contributed by atoms with Crippen molar-refractivity contribution in [2.24, 2.45) is 0 Å². The van der Waals surface area contributed by atoms with Crippen molar-refractivity contribution in [2.75, 3.05) is 13.4 Å². The fourth-order valence-corrected chi connectivity index (χ4v) is 2.83. The SMILES string of the molecule is CB(OC(C)C)OC(C)(C)C.CC.COc1ccc(/C=C(/C)F)c2c1C(=O)OC(C)(C)O2.CSF. The van der Waals surface area contributed by atoms with Gasteiger partial charge in [0.1, 0.15) is 17.1 Å². The molecule has 202 valence electrons. The quantitative estimate of drug-likeness (QED) is 0.289. The summed E-state index contributed by atoms with van der Waals surface area (Å²) >= 11 is 0.250. The molecule has 1 heterocycles. The predicted molar refractivity (Wildman–Crippen MR) is 143 cm³/mol. The van der Waals surface area contributed by atoms with E-state index in [1.165, 1.54) is 26.4 Å². The van der Waals surface area contributed by atoms with Crippen molar-refractivity contribution in [1.82, 2.24) is 0 Å². The van der Waals surface area contributed by atoms with Gasteiger partial charge in [-0.2, -0.15) is 3.89 Å². The summed E-state index contributed by atoms with van der Waals surface area (Å²) in [5, 5.41) is 0. The van der Waals surface area contributed by atoms with Gasteiger partial charge in [-0.25, -0.2) is 9.18 Å². The zero-order valence-corrected chi connectivity index (χ0v) is 24.3. The lowest BCUT2D eigenvalue weighted by Crippen LogP contribution is -2.39. The third-order valence-electron chi connectivity index (χ3n) is 3.60. The first kappa shape index (κ1) is 35.4. The number of carbonyl (C=O) groups excluding carboxylic acids is 1. The average Bonchev–Trinajstić information content (AvgIpc) is 2.68. The fourth-order valence-electron chi connectivity index (χ4n) is 2.83. The number of rotatable bonds is 5. The van der Waals surface area contributed by atoms with Crippen LogP contribution in [0.15, 0.2) is 18.0 Å². The molecule has 1 aromatic rings. The molecule has 0 aromatic heterocycles. The number of carbonyl (C=O) groups is 1. The number of methoxy groups -OCH3 is 1. The third kappa shape index (κ3) is 15.1. The molecule has 0 aliphatic carbocycles. The van der Waals surface area contributed by atoms with Gasteiger partial charge < -0.3 is 23.5 Å². The van der Waals surface area contributed by atoms with Gasteiger partial charge in [0.15, 0.2) is 0 Å². The molecule has 6 nitrogen and oxygen atoms in total. The van der Waals surface area contributed by atoms with Gasteiger partial charge in [0, 0.05) is 49.5 Å². The summed E-state index contributed by atoms with van der Waals surface area (Å²) in [4.78, 5) is 12.0. The van der Waals surface area contributed by atoms with Gasteiger partial charge >= 0.3 is 13.1 Å². The van der Waals surface area contributed by atoms with Crippen LogP contribution >= 0.6 is 12.1 Å². The van der Waals surface area contributed by atoms with Crippen LogP contribution in [0, 0.1) is 0 Å². The Bertz CT molecular complexity index is 791. The second-order valence-corrected chi connectivity index (χ2v) is 9.13. The van der Waals surface area contributed by atoms with Gasteiger partial charge in [-0.1, -0.05) is 13.8 Å². The molecular formula is C25H43BF2O6S. The Hall–Kier alpha value is -1.78. The fraction of sp³-hybridized carbons (Fsp3) is 0.640. The molecule has 10 heteroatoms. The van der Waals surface area contributed by atoms with Gasteiger partial charge in [-0.15, -0.1) is 0 Å². The van der Waals surface area contributed by atoms with E-state index >= 15 is 0 Å². The number of allylic oxidation sites excluding steroid dienone is 1. The molecule has 1 aliphatic rings. The van der Waals surface area contributed by atoms with Gasteiger partial charge in [0.2, 0.25) is 5.79 Å². The van der Waals surface area contributed by atoms with Crippen LogP contribution in [0.4, 0.5) is 8.28 Å². The van der Waals surface area contributed by atoms with Crippen molar-refractivity contribution in [3.63, 3.8) is 0 Å². The molecule has 0 fully saturated rings. The van der Waals surface area contributed by atoms with Crippen molar-refractivity contribution in [3.05, 3.63) is 29.1 Å². The molecule has 1 aromatic carbocycles. The van der Waals surface area contributed by atoms with Crippen LogP contribution in [-0.4, -0.2) is 43.9 Å². The van der Waals surface area contributed by atoms with E-state index in [0.29, 0.717) is 11.3 Å². The number of hydrogen-bond donors (Lipinski definition) is 0. The topological polar surface area (TPSA) is 63.2 Å².